The van der Waals surface area contributed by atoms with Gasteiger partial charge in [0, 0.05) is 29.7 Å². The van der Waals surface area contributed by atoms with Gasteiger partial charge in [0.15, 0.2) is 5.43 Å². The average molecular weight is 422 g/mol. The van der Waals surface area contributed by atoms with Crippen LogP contribution in [0.2, 0.25) is 0 Å². The Hall–Kier alpha value is -4.12. The molecule has 0 radical (unpaired) electrons. The lowest BCUT2D eigenvalue weighted by molar-refractivity contribution is 0.294. The standard InChI is InChI=1S/C27H23N3O2/c31-25-17-26(29-21-12-6-2-7-13-21)30(22-14-8-3-9-15-22)24-16-27(28-18-23(24)25)32-19-20-10-4-1-5-11-20/h1,3-6,8-18,29H,2,7,19H2. The molecule has 1 aliphatic rings. The Bertz CT molecular complexity index is 1360. The van der Waals surface area contributed by atoms with Crippen LogP contribution in [0.15, 0.2) is 108 Å². The number of fused-ring (bicyclic) bond motifs is 1. The van der Waals surface area contributed by atoms with Gasteiger partial charge >= 0.3 is 0 Å². The van der Waals surface area contributed by atoms with Gasteiger partial charge in [-0.25, -0.2) is 4.98 Å². The van der Waals surface area contributed by atoms with E-state index in [1.54, 1.807) is 12.3 Å². The molecule has 4 aromatic rings. The van der Waals surface area contributed by atoms with Gasteiger partial charge in [0.1, 0.15) is 12.4 Å². The van der Waals surface area contributed by atoms with Crippen molar-refractivity contribution in [3.8, 4) is 11.6 Å². The Morgan fingerprint density at radius 3 is 2.50 bits per heavy atom. The van der Waals surface area contributed by atoms with E-state index in [-0.39, 0.29) is 5.43 Å². The van der Waals surface area contributed by atoms with Crippen LogP contribution in [0, 0.1) is 0 Å². The third-order valence-electron chi connectivity index (χ3n) is 5.38. The quantitative estimate of drug-likeness (QED) is 0.440. The maximum atomic E-state index is 12.9. The summed E-state index contributed by atoms with van der Waals surface area (Å²) in [4.78, 5) is 17.3. The lowest BCUT2D eigenvalue weighted by atomic mass is 10.1. The number of ether oxygens (including phenoxy) is 1. The molecule has 0 bridgehead atoms. The zero-order chi connectivity index (χ0) is 21.8. The molecule has 0 aliphatic heterocycles. The maximum absolute atomic E-state index is 12.9. The number of pyridine rings is 2. The van der Waals surface area contributed by atoms with Crippen LogP contribution >= 0.6 is 0 Å². The summed E-state index contributed by atoms with van der Waals surface area (Å²) in [6.45, 7) is 0.407. The van der Waals surface area contributed by atoms with Crippen molar-refractivity contribution in [2.75, 3.05) is 5.32 Å². The van der Waals surface area contributed by atoms with Gasteiger partial charge in [-0.1, -0.05) is 60.7 Å². The first-order valence-corrected chi connectivity index (χ1v) is 10.7. The molecular formula is C27H23N3O2. The van der Waals surface area contributed by atoms with Crippen LogP contribution < -0.4 is 15.5 Å². The molecule has 1 aliphatic carbocycles. The summed E-state index contributed by atoms with van der Waals surface area (Å²) in [7, 11) is 0. The number of nitrogens with one attached hydrogen (secondary N) is 1. The molecule has 5 heteroatoms. The van der Waals surface area contributed by atoms with Gasteiger partial charge in [-0.3, -0.25) is 9.36 Å². The number of para-hydroxylation sites is 1. The fraction of sp³-hybridized carbons (Fsp3) is 0.111. The predicted molar refractivity (Wildman–Crippen MR) is 128 cm³/mol. The van der Waals surface area contributed by atoms with E-state index >= 15 is 0 Å². The zero-order valence-electron chi connectivity index (χ0n) is 17.6. The molecule has 2 heterocycles. The minimum absolute atomic E-state index is 0.0859. The second kappa shape index (κ2) is 8.94. The molecule has 0 spiro atoms. The number of anilines is 1. The third-order valence-corrected chi connectivity index (χ3v) is 5.38. The fourth-order valence-electron chi connectivity index (χ4n) is 3.81. The Labute approximate surface area is 186 Å². The highest BCUT2D eigenvalue weighted by Crippen LogP contribution is 2.26. The van der Waals surface area contributed by atoms with Crippen molar-refractivity contribution in [1.29, 1.82) is 0 Å². The minimum atomic E-state index is -0.0859. The zero-order valence-corrected chi connectivity index (χ0v) is 17.6. The second-order valence-corrected chi connectivity index (χ2v) is 7.64. The predicted octanol–water partition coefficient (Wildman–Crippen LogP) is 5.61. The van der Waals surface area contributed by atoms with Gasteiger partial charge in [0.25, 0.3) is 0 Å². The van der Waals surface area contributed by atoms with E-state index in [9.17, 15) is 4.79 Å². The van der Waals surface area contributed by atoms with Gasteiger partial charge in [-0.05, 0) is 36.6 Å². The van der Waals surface area contributed by atoms with Crippen molar-refractivity contribution in [2.24, 2.45) is 0 Å². The molecule has 0 saturated heterocycles. The van der Waals surface area contributed by atoms with Crippen molar-refractivity contribution in [1.82, 2.24) is 9.55 Å². The topological polar surface area (TPSA) is 56.2 Å². The molecule has 2 aromatic heterocycles. The number of nitrogens with zero attached hydrogens (tertiary/aromatic N) is 2. The van der Waals surface area contributed by atoms with Gasteiger partial charge in [0.05, 0.1) is 10.9 Å². The van der Waals surface area contributed by atoms with E-state index in [0.29, 0.717) is 23.7 Å². The highest BCUT2D eigenvalue weighted by atomic mass is 16.5. The van der Waals surface area contributed by atoms with E-state index in [1.165, 1.54) is 0 Å². The molecular weight excluding hydrogens is 398 g/mol. The van der Waals surface area contributed by atoms with Gasteiger partial charge < -0.3 is 10.1 Å². The Morgan fingerprint density at radius 1 is 0.969 bits per heavy atom. The van der Waals surface area contributed by atoms with Crippen molar-refractivity contribution in [3.63, 3.8) is 0 Å². The van der Waals surface area contributed by atoms with E-state index in [4.69, 9.17) is 4.74 Å². The normalized spacial score (nSPS) is 13.1. The Morgan fingerprint density at radius 2 is 1.75 bits per heavy atom. The lowest BCUT2D eigenvalue weighted by Gasteiger charge is -2.20. The van der Waals surface area contributed by atoms with E-state index in [2.05, 4.69) is 28.5 Å². The van der Waals surface area contributed by atoms with Crippen LogP contribution in [0.1, 0.15) is 18.4 Å². The molecule has 5 nitrogen and oxygen atoms in total. The van der Waals surface area contributed by atoms with Crippen LogP contribution in [0.3, 0.4) is 0 Å². The molecule has 5 rings (SSSR count). The molecule has 0 unspecified atom stereocenters. The Kier molecular flexibility index (Phi) is 5.54. The lowest BCUT2D eigenvalue weighted by Crippen LogP contribution is -2.15. The van der Waals surface area contributed by atoms with Crippen molar-refractivity contribution in [2.45, 2.75) is 19.4 Å². The number of hydrogen-bond acceptors (Lipinski definition) is 4. The van der Waals surface area contributed by atoms with Gasteiger partial charge in [0.2, 0.25) is 5.88 Å². The summed E-state index contributed by atoms with van der Waals surface area (Å²) in [6, 6.07) is 23.4. The van der Waals surface area contributed by atoms with Crippen molar-refractivity contribution < 1.29 is 4.74 Å². The first kappa shape index (κ1) is 19.8. The maximum Gasteiger partial charge on any atom is 0.215 e. The van der Waals surface area contributed by atoms with E-state index in [1.807, 2.05) is 71.3 Å². The monoisotopic (exact) mass is 421 g/mol. The second-order valence-electron chi connectivity index (χ2n) is 7.64. The van der Waals surface area contributed by atoms with Crippen LogP contribution in [0.25, 0.3) is 16.6 Å². The number of allylic oxidation sites excluding steroid dienone is 3. The van der Waals surface area contributed by atoms with Crippen LogP contribution in [0.4, 0.5) is 5.82 Å². The fourth-order valence-corrected chi connectivity index (χ4v) is 3.81. The molecule has 32 heavy (non-hydrogen) atoms. The summed E-state index contributed by atoms with van der Waals surface area (Å²) >= 11 is 0. The highest BCUT2D eigenvalue weighted by Gasteiger charge is 2.14. The number of hydrogen-bond donors (Lipinski definition) is 1. The summed E-state index contributed by atoms with van der Waals surface area (Å²) in [5.74, 6) is 1.17. The SMILES string of the molecule is O=c1cc(NC2=CCCC=C2)n(-c2ccccc2)c2cc(OCc3ccccc3)ncc12. The third kappa shape index (κ3) is 4.18. The van der Waals surface area contributed by atoms with E-state index < -0.39 is 0 Å². The van der Waals surface area contributed by atoms with Crippen LogP contribution in [-0.4, -0.2) is 9.55 Å². The number of benzene rings is 2. The molecule has 2 aromatic carbocycles. The molecule has 0 amide bonds. The van der Waals surface area contributed by atoms with Crippen molar-refractivity contribution >= 4 is 16.7 Å². The first-order valence-electron chi connectivity index (χ1n) is 10.7. The highest BCUT2D eigenvalue weighted by molar-refractivity contribution is 5.83. The van der Waals surface area contributed by atoms with Gasteiger partial charge in [-0.2, -0.15) is 0 Å². The summed E-state index contributed by atoms with van der Waals surface area (Å²) in [6.07, 6.45) is 9.93. The smallest absolute Gasteiger partial charge is 0.215 e. The molecule has 0 saturated carbocycles. The largest absolute Gasteiger partial charge is 0.473 e. The van der Waals surface area contributed by atoms with Crippen LogP contribution in [-0.2, 0) is 6.61 Å². The number of rotatable bonds is 6. The summed E-state index contributed by atoms with van der Waals surface area (Å²) in [5, 5.41) is 3.98. The average Bonchev–Trinajstić information content (AvgIpc) is 2.85. The molecule has 1 N–H and O–H groups in total. The molecule has 158 valence electrons. The van der Waals surface area contributed by atoms with Gasteiger partial charge in [-0.15, -0.1) is 0 Å². The molecule has 0 atom stereocenters. The van der Waals surface area contributed by atoms with Crippen molar-refractivity contribution in [3.05, 3.63) is 119 Å². The van der Waals surface area contributed by atoms with E-state index in [0.717, 1.165) is 35.3 Å². The van der Waals surface area contributed by atoms with Crippen LogP contribution in [0.5, 0.6) is 5.88 Å². The molecule has 0 fully saturated rings. The number of aromatic nitrogens is 2. The summed E-state index contributed by atoms with van der Waals surface area (Å²) in [5.41, 5.74) is 3.64. The summed E-state index contributed by atoms with van der Waals surface area (Å²) < 4.78 is 7.99. The minimum Gasteiger partial charge on any atom is -0.473 e. The first-order chi connectivity index (χ1) is 15.8. The Balaban J connectivity index is 1.61.